The third kappa shape index (κ3) is 11.9. The number of amides is 2. The number of nitriles is 1. The van der Waals surface area contributed by atoms with E-state index < -0.39 is 35.4 Å². The molecule has 0 bridgehead atoms. The summed E-state index contributed by atoms with van der Waals surface area (Å²) in [5.41, 5.74) is 3.60. The average molecular weight is 940 g/mol. The second-order valence-electron chi connectivity index (χ2n) is 20.0. The SMILES string of the molecule is C[C@H](CC(=O)[C@@H]1C[C@@H](O)CN1C(=O)[C@@H](NC(=O)COCCCCOc1ccc(C(=O)CC2C(C)(C)C(Oc3ccc(C#N)c(Cl)c3)C2(C)C)cc1)C(C)(C)C)c1ccc(-c2cncs2)cc1. The Balaban J connectivity index is 0.903. The maximum atomic E-state index is 14.1. The zero-order valence-electron chi connectivity index (χ0n) is 39.3. The lowest BCUT2D eigenvalue weighted by Gasteiger charge is -2.63. The molecule has 2 N–H and O–H groups in total. The van der Waals surface area contributed by atoms with Crippen LogP contribution in [0.3, 0.4) is 0 Å². The second kappa shape index (κ2) is 21.2. The van der Waals surface area contributed by atoms with E-state index in [-0.39, 0.29) is 66.3 Å². The van der Waals surface area contributed by atoms with Crippen molar-refractivity contribution < 1.29 is 38.5 Å². The number of carbonyl (C=O) groups is 4. The Hall–Kier alpha value is -5.13. The fourth-order valence-electron chi connectivity index (χ4n) is 9.78. The Bertz CT molecular complexity index is 2360. The van der Waals surface area contributed by atoms with E-state index in [9.17, 15) is 29.5 Å². The molecule has 66 heavy (non-hydrogen) atoms. The number of Topliss-reactive ketones (excluding diaryl/α,β-unsaturated/α-hetero) is 2. The molecule has 6 rings (SSSR count). The fraction of sp³-hybridized carbons (Fsp3) is 0.500. The van der Waals surface area contributed by atoms with Gasteiger partial charge in [-0.15, -0.1) is 11.3 Å². The number of hydrogen-bond acceptors (Lipinski definition) is 11. The lowest BCUT2D eigenvalue weighted by atomic mass is 9.44. The Morgan fingerprint density at radius 3 is 2.27 bits per heavy atom. The van der Waals surface area contributed by atoms with Crippen LogP contribution in [0.5, 0.6) is 11.5 Å². The van der Waals surface area contributed by atoms with Crippen LogP contribution in [0.2, 0.25) is 5.02 Å². The zero-order valence-corrected chi connectivity index (χ0v) is 40.8. The van der Waals surface area contributed by atoms with E-state index in [0.717, 1.165) is 16.0 Å². The van der Waals surface area contributed by atoms with Gasteiger partial charge in [0.05, 0.1) is 39.7 Å². The standard InChI is InChI=1S/C52H63ClN4O8S/c1-32(33-11-13-35(14-12-33)44-28-55-31-66-44)23-43(60)41-24-37(58)29-57(41)48(62)47(50(2,3)4)56-46(61)30-63-21-9-10-22-64-38-18-15-34(16-19-38)42(59)26-45-51(5,6)49(52(45,7)8)65-39-20-17-36(27-54)40(53)25-39/h11-20,25,28,31-32,37,41,45,47,49,58H,9-10,21-24,26,29-30H2,1-8H3,(H,56,61)/t32-,37-,41+,45?,47-,49?/m1/s1. The molecule has 1 aliphatic heterocycles. The van der Waals surface area contributed by atoms with Crippen LogP contribution < -0.4 is 14.8 Å². The Kier molecular flexibility index (Phi) is 16.2. The van der Waals surface area contributed by atoms with Crippen molar-refractivity contribution in [1.82, 2.24) is 15.2 Å². The first-order valence-corrected chi connectivity index (χ1v) is 24.0. The number of ether oxygens (including phenoxy) is 3. The Morgan fingerprint density at radius 2 is 1.65 bits per heavy atom. The van der Waals surface area contributed by atoms with Crippen molar-refractivity contribution in [2.24, 2.45) is 22.2 Å². The number of benzene rings is 3. The predicted molar refractivity (Wildman–Crippen MR) is 256 cm³/mol. The van der Waals surface area contributed by atoms with E-state index in [2.05, 4.69) is 44.1 Å². The molecule has 0 spiro atoms. The molecule has 0 radical (unpaired) electrons. The van der Waals surface area contributed by atoms with Crippen LogP contribution in [-0.2, 0) is 19.1 Å². The number of rotatable bonds is 20. The summed E-state index contributed by atoms with van der Waals surface area (Å²) in [4.78, 5) is 61.0. The second-order valence-corrected chi connectivity index (χ2v) is 21.3. The molecule has 352 valence electrons. The third-order valence-electron chi connectivity index (χ3n) is 13.3. The van der Waals surface area contributed by atoms with Crippen LogP contribution in [0.25, 0.3) is 10.4 Å². The van der Waals surface area contributed by atoms with Gasteiger partial charge in [0.15, 0.2) is 11.6 Å². The van der Waals surface area contributed by atoms with Crippen molar-refractivity contribution in [3.8, 4) is 28.0 Å². The summed E-state index contributed by atoms with van der Waals surface area (Å²) in [7, 11) is 0. The number of likely N-dealkylation sites (tertiary alicyclic amines) is 1. The molecular weight excluding hydrogens is 876 g/mol. The highest BCUT2D eigenvalue weighted by Crippen LogP contribution is 2.62. The minimum atomic E-state index is -0.939. The van der Waals surface area contributed by atoms with E-state index in [1.807, 2.05) is 58.2 Å². The quantitative estimate of drug-likeness (QED) is 0.0643. The molecule has 1 saturated carbocycles. The van der Waals surface area contributed by atoms with Crippen molar-refractivity contribution in [2.75, 3.05) is 26.4 Å². The van der Waals surface area contributed by atoms with E-state index in [0.29, 0.717) is 60.1 Å². The molecule has 1 aromatic heterocycles. The van der Waals surface area contributed by atoms with Crippen molar-refractivity contribution in [3.05, 3.63) is 100 Å². The first-order valence-electron chi connectivity index (χ1n) is 22.7. The van der Waals surface area contributed by atoms with Gasteiger partial charge in [-0.25, -0.2) is 0 Å². The molecule has 14 heteroatoms. The van der Waals surface area contributed by atoms with Crippen LogP contribution in [-0.4, -0.2) is 89.0 Å². The number of halogens is 1. The lowest BCUT2D eigenvalue weighted by molar-refractivity contribution is -0.196. The molecule has 4 aromatic rings. The van der Waals surface area contributed by atoms with E-state index in [4.69, 9.17) is 25.8 Å². The van der Waals surface area contributed by atoms with Crippen molar-refractivity contribution in [1.29, 1.82) is 5.26 Å². The number of unbranched alkanes of at least 4 members (excludes halogenated alkanes) is 1. The van der Waals surface area contributed by atoms with Crippen LogP contribution in [0.15, 0.2) is 78.4 Å². The molecule has 12 nitrogen and oxygen atoms in total. The summed E-state index contributed by atoms with van der Waals surface area (Å²) in [5, 5.41) is 23.0. The highest BCUT2D eigenvalue weighted by Gasteiger charge is 2.63. The predicted octanol–water partition coefficient (Wildman–Crippen LogP) is 9.47. The number of carbonyl (C=O) groups excluding carboxylic acids is 4. The summed E-state index contributed by atoms with van der Waals surface area (Å²) >= 11 is 7.81. The van der Waals surface area contributed by atoms with Gasteiger partial charge in [0.1, 0.15) is 36.3 Å². The van der Waals surface area contributed by atoms with Gasteiger partial charge in [-0.3, -0.25) is 24.2 Å². The number of aromatic nitrogens is 1. The smallest absolute Gasteiger partial charge is 0.246 e. The number of thiazole rings is 1. The van der Waals surface area contributed by atoms with Gasteiger partial charge >= 0.3 is 0 Å². The molecule has 0 unspecified atom stereocenters. The number of ketones is 2. The maximum absolute atomic E-state index is 14.1. The van der Waals surface area contributed by atoms with Gasteiger partial charge in [0.2, 0.25) is 11.8 Å². The Morgan fingerprint density at radius 1 is 0.985 bits per heavy atom. The van der Waals surface area contributed by atoms with Crippen LogP contribution in [0.1, 0.15) is 115 Å². The highest BCUT2D eigenvalue weighted by molar-refractivity contribution is 7.13. The van der Waals surface area contributed by atoms with E-state index >= 15 is 0 Å². The summed E-state index contributed by atoms with van der Waals surface area (Å²) in [6.45, 7) is 16.5. The zero-order chi connectivity index (χ0) is 48.0. The molecule has 2 heterocycles. The molecule has 1 saturated heterocycles. The third-order valence-corrected chi connectivity index (χ3v) is 14.4. The topological polar surface area (TPSA) is 168 Å². The van der Waals surface area contributed by atoms with E-state index in [1.54, 1.807) is 59.3 Å². The first kappa shape index (κ1) is 50.3. The van der Waals surface area contributed by atoms with Crippen LogP contribution in [0.4, 0.5) is 0 Å². The summed E-state index contributed by atoms with van der Waals surface area (Å²) in [5.74, 6) is 0.289. The maximum Gasteiger partial charge on any atom is 0.246 e. The van der Waals surface area contributed by atoms with Crippen LogP contribution >= 0.6 is 22.9 Å². The summed E-state index contributed by atoms with van der Waals surface area (Å²) in [6, 6.07) is 20.6. The Labute approximate surface area is 398 Å². The number of nitrogens with zero attached hydrogens (tertiary/aromatic N) is 3. The van der Waals surface area contributed by atoms with Gasteiger partial charge in [-0.05, 0) is 77.6 Å². The number of aliphatic hydroxyl groups excluding tert-OH is 1. The monoisotopic (exact) mass is 938 g/mol. The van der Waals surface area contributed by atoms with Crippen molar-refractivity contribution in [2.45, 2.75) is 118 Å². The van der Waals surface area contributed by atoms with Gasteiger partial charge in [0.25, 0.3) is 0 Å². The molecule has 2 amide bonds. The average Bonchev–Trinajstić information content (AvgIpc) is 3.96. The van der Waals surface area contributed by atoms with Gasteiger partial charge in [-0.2, -0.15) is 5.26 Å². The molecule has 3 aromatic carbocycles. The molecular formula is C52H63ClN4O8S. The lowest BCUT2D eigenvalue weighted by Crippen LogP contribution is -2.66. The molecule has 1 aliphatic carbocycles. The number of aliphatic hydroxyl groups is 1. The molecule has 2 fully saturated rings. The summed E-state index contributed by atoms with van der Waals surface area (Å²) in [6.07, 6.45) is 2.85. The van der Waals surface area contributed by atoms with E-state index in [1.165, 1.54) is 4.90 Å². The number of nitrogens with one attached hydrogen (secondary N) is 1. The largest absolute Gasteiger partial charge is 0.494 e. The number of hydrogen-bond donors (Lipinski definition) is 2. The highest BCUT2D eigenvalue weighted by atomic mass is 35.5. The van der Waals surface area contributed by atoms with Crippen molar-refractivity contribution >= 4 is 46.3 Å². The first-order chi connectivity index (χ1) is 31.2. The number of β-amino-alcohol motifs (C(OH)–C–C–N with tert-alkyl or cyclic N) is 1. The molecule has 2 aliphatic rings. The van der Waals surface area contributed by atoms with Gasteiger partial charge in [-0.1, -0.05) is 91.3 Å². The van der Waals surface area contributed by atoms with Crippen molar-refractivity contribution in [3.63, 3.8) is 0 Å². The minimum absolute atomic E-state index is 0.0188. The van der Waals surface area contributed by atoms with Crippen LogP contribution in [0, 0.1) is 33.5 Å². The minimum Gasteiger partial charge on any atom is -0.494 e. The normalized spacial score (nSPS) is 20.7. The summed E-state index contributed by atoms with van der Waals surface area (Å²) < 4.78 is 18.0. The van der Waals surface area contributed by atoms with Gasteiger partial charge < -0.3 is 29.5 Å². The fourth-order valence-corrected chi connectivity index (χ4v) is 10.6. The molecule has 4 atom stereocenters. The van der Waals surface area contributed by atoms with Gasteiger partial charge in [0, 0.05) is 61.1 Å².